The van der Waals surface area contributed by atoms with Crippen molar-refractivity contribution in [3.8, 4) is 6.07 Å². The van der Waals surface area contributed by atoms with E-state index in [0.29, 0.717) is 24.3 Å². The van der Waals surface area contributed by atoms with Gasteiger partial charge in [0.25, 0.3) is 0 Å². The van der Waals surface area contributed by atoms with Crippen LogP contribution in [0, 0.1) is 11.3 Å². The van der Waals surface area contributed by atoms with Crippen molar-refractivity contribution in [3.63, 3.8) is 0 Å². The highest BCUT2D eigenvalue weighted by molar-refractivity contribution is 5.89. The number of urea groups is 1. The molecule has 0 bridgehead atoms. The first-order valence-corrected chi connectivity index (χ1v) is 7.59. The lowest BCUT2D eigenvalue weighted by atomic mass is 10.1. The zero-order valence-electron chi connectivity index (χ0n) is 12.8. The summed E-state index contributed by atoms with van der Waals surface area (Å²) in [5.41, 5.74) is 1.26. The molecule has 2 N–H and O–H groups in total. The zero-order chi connectivity index (χ0) is 15.9. The molecule has 1 aromatic carbocycles. The van der Waals surface area contributed by atoms with Gasteiger partial charge in [-0.1, -0.05) is 6.92 Å². The monoisotopic (exact) mass is 302 g/mol. The maximum Gasteiger partial charge on any atom is 0.321 e. The standard InChI is InChI=1S/C16H22N4O2/c1-2-15(12-21)19-7-9-20(10-8-19)16(22)18-14-5-3-13(11-17)4-6-14/h3-6,15,21H,2,7-10,12H2,1H3,(H,18,22). The number of aliphatic hydroxyl groups is 1. The lowest BCUT2D eigenvalue weighted by Crippen LogP contribution is -2.53. The van der Waals surface area contributed by atoms with E-state index in [1.807, 2.05) is 6.07 Å². The molecule has 0 saturated carbocycles. The molecule has 0 spiro atoms. The molecule has 1 unspecified atom stereocenters. The second-order valence-corrected chi connectivity index (χ2v) is 5.39. The SMILES string of the molecule is CCC(CO)N1CCN(C(=O)Nc2ccc(C#N)cc2)CC1. The van der Waals surface area contributed by atoms with Crippen LogP contribution < -0.4 is 5.32 Å². The van der Waals surface area contributed by atoms with E-state index in [2.05, 4.69) is 17.1 Å². The Bertz CT molecular complexity index is 526. The normalized spacial score (nSPS) is 16.9. The van der Waals surface area contributed by atoms with Crippen LogP contribution in [0.2, 0.25) is 0 Å². The van der Waals surface area contributed by atoms with Gasteiger partial charge in [0.2, 0.25) is 0 Å². The summed E-state index contributed by atoms with van der Waals surface area (Å²) in [4.78, 5) is 16.2. The first-order valence-electron chi connectivity index (χ1n) is 7.59. The Morgan fingerprint density at radius 3 is 2.45 bits per heavy atom. The number of piperazine rings is 1. The van der Waals surface area contributed by atoms with Gasteiger partial charge in [0, 0.05) is 37.9 Å². The molecule has 6 heteroatoms. The van der Waals surface area contributed by atoms with Crippen molar-refractivity contribution < 1.29 is 9.90 Å². The fourth-order valence-electron chi connectivity index (χ4n) is 2.62. The van der Waals surface area contributed by atoms with Gasteiger partial charge >= 0.3 is 6.03 Å². The average Bonchev–Trinajstić information content (AvgIpc) is 2.57. The molecule has 1 aliphatic heterocycles. The third-order valence-corrected chi connectivity index (χ3v) is 4.07. The Kier molecular flexibility index (Phi) is 5.75. The predicted octanol–water partition coefficient (Wildman–Crippen LogP) is 1.48. The molecule has 0 aliphatic carbocycles. The maximum atomic E-state index is 12.2. The Balaban J connectivity index is 1.85. The fraction of sp³-hybridized carbons (Fsp3) is 0.500. The predicted molar refractivity (Wildman–Crippen MR) is 84.5 cm³/mol. The van der Waals surface area contributed by atoms with E-state index in [4.69, 9.17) is 5.26 Å². The number of aliphatic hydroxyl groups excluding tert-OH is 1. The van der Waals surface area contributed by atoms with Crippen LogP contribution >= 0.6 is 0 Å². The van der Waals surface area contributed by atoms with Crippen molar-refractivity contribution in [2.45, 2.75) is 19.4 Å². The van der Waals surface area contributed by atoms with E-state index in [-0.39, 0.29) is 18.7 Å². The summed E-state index contributed by atoms with van der Waals surface area (Å²) < 4.78 is 0. The van der Waals surface area contributed by atoms with Gasteiger partial charge in [-0.3, -0.25) is 4.90 Å². The molecule has 22 heavy (non-hydrogen) atoms. The van der Waals surface area contributed by atoms with E-state index in [1.54, 1.807) is 29.2 Å². The molecule has 1 heterocycles. The first kappa shape index (κ1) is 16.3. The molecule has 118 valence electrons. The first-order chi connectivity index (χ1) is 10.7. The third-order valence-electron chi connectivity index (χ3n) is 4.07. The quantitative estimate of drug-likeness (QED) is 0.883. The topological polar surface area (TPSA) is 79.6 Å². The van der Waals surface area contributed by atoms with Gasteiger partial charge in [0.05, 0.1) is 18.2 Å². The lowest BCUT2D eigenvalue weighted by Gasteiger charge is -2.38. The van der Waals surface area contributed by atoms with Gasteiger partial charge in [0.1, 0.15) is 0 Å². The van der Waals surface area contributed by atoms with Crippen molar-refractivity contribution >= 4 is 11.7 Å². The van der Waals surface area contributed by atoms with Crippen molar-refractivity contribution in [1.82, 2.24) is 9.80 Å². The number of nitrogens with zero attached hydrogens (tertiary/aromatic N) is 3. The Morgan fingerprint density at radius 1 is 1.32 bits per heavy atom. The number of carbonyl (C=O) groups is 1. The van der Waals surface area contributed by atoms with Crippen LogP contribution in [-0.4, -0.2) is 59.8 Å². The van der Waals surface area contributed by atoms with Crippen LogP contribution in [0.3, 0.4) is 0 Å². The average molecular weight is 302 g/mol. The summed E-state index contributed by atoms with van der Waals surface area (Å²) in [6.07, 6.45) is 0.911. The van der Waals surface area contributed by atoms with Crippen LogP contribution in [-0.2, 0) is 0 Å². The minimum Gasteiger partial charge on any atom is -0.395 e. The van der Waals surface area contributed by atoms with Crippen LogP contribution in [0.15, 0.2) is 24.3 Å². The van der Waals surface area contributed by atoms with Crippen LogP contribution in [0.25, 0.3) is 0 Å². The number of carbonyl (C=O) groups excluding carboxylic acids is 1. The number of benzene rings is 1. The number of hydrogen-bond donors (Lipinski definition) is 2. The Labute approximate surface area is 130 Å². The zero-order valence-corrected chi connectivity index (χ0v) is 12.8. The summed E-state index contributed by atoms with van der Waals surface area (Å²) in [7, 11) is 0. The Morgan fingerprint density at radius 2 is 1.95 bits per heavy atom. The number of nitriles is 1. The highest BCUT2D eigenvalue weighted by atomic mass is 16.3. The minimum absolute atomic E-state index is 0.124. The number of nitrogens with one attached hydrogen (secondary N) is 1. The Hall–Kier alpha value is -2.10. The van der Waals surface area contributed by atoms with Crippen LogP contribution in [0.4, 0.5) is 10.5 Å². The molecule has 1 aliphatic rings. The van der Waals surface area contributed by atoms with Gasteiger partial charge in [-0.05, 0) is 30.7 Å². The van der Waals surface area contributed by atoms with Gasteiger partial charge in [-0.25, -0.2) is 4.79 Å². The molecule has 2 amide bonds. The maximum absolute atomic E-state index is 12.2. The summed E-state index contributed by atoms with van der Waals surface area (Å²) in [5.74, 6) is 0. The summed E-state index contributed by atoms with van der Waals surface area (Å²) >= 11 is 0. The van der Waals surface area contributed by atoms with Crippen molar-refractivity contribution in [3.05, 3.63) is 29.8 Å². The van der Waals surface area contributed by atoms with Crippen molar-refractivity contribution in [2.24, 2.45) is 0 Å². The molecule has 2 rings (SSSR count). The number of anilines is 1. The summed E-state index contributed by atoms with van der Waals surface area (Å²) in [6.45, 7) is 5.08. The summed E-state index contributed by atoms with van der Waals surface area (Å²) in [6, 6.07) is 8.93. The van der Waals surface area contributed by atoms with Crippen molar-refractivity contribution in [1.29, 1.82) is 5.26 Å². The molecular formula is C16H22N4O2. The van der Waals surface area contributed by atoms with Gasteiger partial charge in [-0.15, -0.1) is 0 Å². The molecule has 0 aromatic heterocycles. The van der Waals surface area contributed by atoms with Crippen LogP contribution in [0.5, 0.6) is 0 Å². The molecule has 1 aromatic rings. The van der Waals surface area contributed by atoms with Crippen LogP contribution in [0.1, 0.15) is 18.9 Å². The smallest absolute Gasteiger partial charge is 0.321 e. The number of hydrogen-bond acceptors (Lipinski definition) is 4. The third kappa shape index (κ3) is 3.97. The van der Waals surface area contributed by atoms with E-state index in [9.17, 15) is 9.90 Å². The largest absolute Gasteiger partial charge is 0.395 e. The number of rotatable bonds is 4. The minimum atomic E-state index is -0.124. The van der Waals surface area contributed by atoms with Gasteiger partial charge < -0.3 is 15.3 Å². The summed E-state index contributed by atoms with van der Waals surface area (Å²) in [5, 5.41) is 20.9. The molecule has 6 nitrogen and oxygen atoms in total. The van der Waals surface area contributed by atoms with Gasteiger partial charge in [-0.2, -0.15) is 5.26 Å². The highest BCUT2D eigenvalue weighted by Crippen LogP contribution is 2.12. The van der Waals surface area contributed by atoms with E-state index >= 15 is 0 Å². The second kappa shape index (κ2) is 7.78. The molecule has 0 radical (unpaired) electrons. The molecular weight excluding hydrogens is 280 g/mol. The highest BCUT2D eigenvalue weighted by Gasteiger charge is 2.24. The lowest BCUT2D eigenvalue weighted by molar-refractivity contribution is 0.0766. The van der Waals surface area contributed by atoms with Gasteiger partial charge in [0.15, 0.2) is 0 Å². The molecule has 1 fully saturated rings. The second-order valence-electron chi connectivity index (χ2n) is 5.39. The van der Waals surface area contributed by atoms with Crippen molar-refractivity contribution in [2.75, 3.05) is 38.1 Å². The molecule has 1 saturated heterocycles. The number of amides is 2. The van der Waals surface area contributed by atoms with E-state index < -0.39 is 0 Å². The fourth-order valence-corrected chi connectivity index (χ4v) is 2.62. The van der Waals surface area contributed by atoms with E-state index in [1.165, 1.54) is 0 Å². The van der Waals surface area contributed by atoms with E-state index in [0.717, 1.165) is 19.5 Å². The molecule has 1 atom stereocenters.